The van der Waals surface area contributed by atoms with E-state index >= 15 is 0 Å². The summed E-state index contributed by atoms with van der Waals surface area (Å²) in [4.78, 5) is 23.7. The van der Waals surface area contributed by atoms with Crippen molar-refractivity contribution in [3.8, 4) is 5.75 Å². The van der Waals surface area contributed by atoms with E-state index < -0.39 is 12.3 Å². The zero-order chi connectivity index (χ0) is 16.8. The van der Waals surface area contributed by atoms with E-state index in [2.05, 4.69) is 6.58 Å². The summed E-state index contributed by atoms with van der Waals surface area (Å²) < 4.78 is 10.5. The third-order valence-electron chi connectivity index (χ3n) is 3.08. The summed E-state index contributed by atoms with van der Waals surface area (Å²) in [5.41, 5.74) is 1.50. The summed E-state index contributed by atoms with van der Waals surface area (Å²) in [5.74, 6) is -0.0519. The minimum absolute atomic E-state index is 0.0566. The Kier molecular flexibility index (Phi) is 5.31. The van der Waals surface area contributed by atoms with Crippen molar-refractivity contribution in [2.45, 2.75) is 20.1 Å². The average Bonchev–Trinajstić information content (AvgIpc) is 2.55. The molecule has 0 fully saturated rings. The van der Waals surface area contributed by atoms with Crippen molar-refractivity contribution in [3.05, 3.63) is 77.9 Å². The number of ketones is 1. The van der Waals surface area contributed by atoms with Gasteiger partial charge in [-0.25, -0.2) is 4.79 Å². The summed E-state index contributed by atoms with van der Waals surface area (Å²) in [6.07, 6.45) is -0.741. The number of carbonyl (C=O) groups excluding carboxylic acids is 2. The fourth-order valence-electron chi connectivity index (χ4n) is 1.91. The number of hydrogen-bond donors (Lipinski definition) is 0. The first kappa shape index (κ1) is 16.5. The van der Waals surface area contributed by atoms with Gasteiger partial charge in [-0.15, -0.1) is 0 Å². The fraction of sp³-hybridized carbons (Fsp3) is 0.158. The van der Waals surface area contributed by atoms with Gasteiger partial charge in [-0.1, -0.05) is 36.9 Å². The largest absolute Gasteiger partial charge is 0.455 e. The van der Waals surface area contributed by atoms with Crippen LogP contribution in [0.3, 0.4) is 0 Å². The molecule has 23 heavy (non-hydrogen) atoms. The Bertz CT molecular complexity index is 702. The first-order valence-corrected chi connectivity index (χ1v) is 7.20. The predicted octanol–water partition coefficient (Wildman–Crippen LogP) is 3.76. The Morgan fingerprint density at radius 3 is 2.09 bits per heavy atom. The average molecular weight is 310 g/mol. The molecular weight excluding hydrogens is 292 g/mol. The molecule has 1 atom stereocenters. The van der Waals surface area contributed by atoms with E-state index in [1.165, 1.54) is 0 Å². The summed E-state index contributed by atoms with van der Waals surface area (Å²) in [7, 11) is 0. The zero-order valence-electron chi connectivity index (χ0n) is 13.1. The van der Waals surface area contributed by atoms with E-state index in [0.717, 1.165) is 0 Å². The van der Waals surface area contributed by atoms with E-state index in [-0.39, 0.29) is 5.78 Å². The van der Waals surface area contributed by atoms with Crippen molar-refractivity contribution in [2.75, 3.05) is 0 Å². The molecule has 0 aliphatic rings. The summed E-state index contributed by atoms with van der Waals surface area (Å²) in [5, 5.41) is 0. The number of ether oxygens (including phenoxy) is 2. The van der Waals surface area contributed by atoms with Crippen molar-refractivity contribution in [1.82, 2.24) is 0 Å². The van der Waals surface area contributed by atoms with E-state index in [1.807, 2.05) is 18.2 Å². The monoisotopic (exact) mass is 310 g/mol. The second-order valence-electron chi connectivity index (χ2n) is 5.09. The summed E-state index contributed by atoms with van der Waals surface area (Å²) >= 11 is 0. The molecule has 0 saturated carbocycles. The lowest BCUT2D eigenvalue weighted by Gasteiger charge is -2.15. The van der Waals surface area contributed by atoms with Crippen LogP contribution < -0.4 is 4.74 Å². The molecule has 0 saturated heterocycles. The van der Waals surface area contributed by atoms with Gasteiger partial charge in [0.25, 0.3) is 0 Å². The highest BCUT2D eigenvalue weighted by Gasteiger charge is 2.12. The first-order valence-electron chi connectivity index (χ1n) is 7.20. The van der Waals surface area contributed by atoms with Crippen molar-refractivity contribution < 1.29 is 19.1 Å². The van der Waals surface area contributed by atoms with E-state index in [0.29, 0.717) is 22.4 Å². The molecular formula is C19H18O4. The van der Waals surface area contributed by atoms with E-state index in [1.54, 1.807) is 50.2 Å². The van der Waals surface area contributed by atoms with Crippen molar-refractivity contribution in [2.24, 2.45) is 0 Å². The minimum Gasteiger partial charge on any atom is -0.455 e. The number of benzene rings is 2. The number of carbonyl (C=O) groups is 2. The highest BCUT2D eigenvalue weighted by atomic mass is 16.7. The Balaban J connectivity index is 2.01. The Morgan fingerprint density at radius 2 is 1.52 bits per heavy atom. The zero-order valence-corrected chi connectivity index (χ0v) is 13.1. The lowest BCUT2D eigenvalue weighted by molar-refractivity contribution is -0.156. The van der Waals surface area contributed by atoms with Crippen molar-refractivity contribution >= 4 is 11.8 Å². The smallest absolute Gasteiger partial charge is 0.336 e. The molecule has 4 nitrogen and oxygen atoms in total. The second kappa shape index (κ2) is 7.40. The maximum Gasteiger partial charge on any atom is 0.336 e. The molecule has 0 amide bonds. The Hall–Kier alpha value is -2.88. The van der Waals surface area contributed by atoms with Gasteiger partial charge in [0.05, 0.1) is 0 Å². The maximum atomic E-state index is 12.3. The van der Waals surface area contributed by atoms with Crippen LogP contribution in [0.4, 0.5) is 0 Å². The molecule has 0 spiro atoms. The van der Waals surface area contributed by atoms with Crippen molar-refractivity contribution in [3.63, 3.8) is 0 Å². The minimum atomic E-state index is -0.741. The van der Waals surface area contributed by atoms with Gasteiger partial charge in [0.2, 0.25) is 6.29 Å². The topological polar surface area (TPSA) is 52.6 Å². The molecule has 2 rings (SSSR count). The van der Waals surface area contributed by atoms with Gasteiger partial charge in [-0.05, 0) is 31.2 Å². The molecule has 4 heteroatoms. The SMILES string of the molecule is C=C(C)C(=O)OC(C)Oc1ccc(C(=O)c2ccccc2)cc1. The van der Waals surface area contributed by atoms with Gasteiger partial charge in [0, 0.05) is 23.6 Å². The first-order chi connectivity index (χ1) is 11.0. The Morgan fingerprint density at radius 1 is 0.957 bits per heavy atom. The molecule has 0 N–H and O–H groups in total. The molecule has 0 radical (unpaired) electrons. The third kappa shape index (κ3) is 4.54. The normalized spacial score (nSPS) is 11.4. The number of hydrogen-bond acceptors (Lipinski definition) is 4. The van der Waals surface area contributed by atoms with Gasteiger partial charge >= 0.3 is 5.97 Å². The number of esters is 1. The van der Waals surface area contributed by atoms with Crippen LogP contribution in [0.5, 0.6) is 5.75 Å². The van der Waals surface area contributed by atoms with Crippen LogP contribution in [0.1, 0.15) is 29.8 Å². The second-order valence-corrected chi connectivity index (χ2v) is 5.09. The Labute approximate surface area is 135 Å². The highest BCUT2D eigenvalue weighted by molar-refractivity contribution is 6.08. The molecule has 118 valence electrons. The molecule has 1 unspecified atom stereocenters. The van der Waals surface area contributed by atoms with Gasteiger partial charge in [-0.3, -0.25) is 4.79 Å². The number of rotatable bonds is 6. The van der Waals surface area contributed by atoms with Crippen LogP contribution in [0.2, 0.25) is 0 Å². The summed E-state index contributed by atoms with van der Waals surface area (Å²) in [6, 6.07) is 15.7. The van der Waals surface area contributed by atoms with Gasteiger partial charge < -0.3 is 9.47 Å². The van der Waals surface area contributed by atoms with Crippen LogP contribution in [-0.2, 0) is 9.53 Å². The standard InChI is InChI=1S/C19H18O4/c1-13(2)19(21)23-14(3)22-17-11-9-16(10-12-17)18(20)15-7-5-4-6-8-15/h4-12,14H,1H2,2-3H3. The fourth-order valence-corrected chi connectivity index (χ4v) is 1.91. The molecule has 2 aromatic rings. The third-order valence-corrected chi connectivity index (χ3v) is 3.08. The lowest BCUT2D eigenvalue weighted by atomic mass is 10.0. The molecule has 2 aromatic carbocycles. The quantitative estimate of drug-likeness (QED) is 0.353. The van der Waals surface area contributed by atoms with Crippen LogP contribution >= 0.6 is 0 Å². The van der Waals surface area contributed by atoms with E-state index in [4.69, 9.17) is 9.47 Å². The van der Waals surface area contributed by atoms with Crippen molar-refractivity contribution in [1.29, 1.82) is 0 Å². The van der Waals surface area contributed by atoms with Crippen LogP contribution in [0.15, 0.2) is 66.7 Å². The van der Waals surface area contributed by atoms with Gasteiger partial charge in [0.15, 0.2) is 5.78 Å². The lowest BCUT2D eigenvalue weighted by Crippen LogP contribution is -2.21. The predicted molar refractivity (Wildman–Crippen MR) is 87.3 cm³/mol. The van der Waals surface area contributed by atoms with Crippen LogP contribution in [-0.4, -0.2) is 18.0 Å². The van der Waals surface area contributed by atoms with Crippen LogP contribution in [0, 0.1) is 0 Å². The van der Waals surface area contributed by atoms with E-state index in [9.17, 15) is 9.59 Å². The molecule has 0 bridgehead atoms. The highest BCUT2D eigenvalue weighted by Crippen LogP contribution is 2.17. The molecule has 0 aromatic heterocycles. The molecule has 0 aliphatic carbocycles. The van der Waals surface area contributed by atoms with Crippen LogP contribution in [0.25, 0.3) is 0 Å². The van der Waals surface area contributed by atoms with Gasteiger partial charge in [-0.2, -0.15) is 0 Å². The van der Waals surface area contributed by atoms with Gasteiger partial charge in [0.1, 0.15) is 5.75 Å². The molecule has 0 aliphatic heterocycles. The molecule has 0 heterocycles. The maximum absolute atomic E-state index is 12.3. The summed E-state index contributed by atoms with van der Waals surface area (Å²) in [6.45, 7) is 6.69.